The van der Waals surface area contributed by atoms with Gasteiger partial charge in [-0.2, -0.15) is 0 Å². The third kappa shape index (κ3) is 3.64. The lowest BCUT2D eigenvalue weighted by molar-refractivity contribution is 0.0920. The van der Waals surface area contributed by atoms with Gasteiger partial charge in [0.15, 0.2) is 24.0 Å². The number of carbonyl (C=O) groups excluding carboxylic acids is 2. The summed E-state index contributed by atoms with van der Waals surface area (Å²) in [6, 6.07) is 7.17. The highest BCUT2D eigenvalue weighted by molar-refractivity contribution is 6.32. The van der Waals surface area contributed by atoms with Crippen LogP contribution in [0.15, 0.2) is 36.4 Å². The first-order valence-electron chi connectivity index (χ1n) is 5.87. The first-order chi connectivity index (χ1) is 10.0. The van der Waals surface area contributed by atoms with E-state index in [0.29, 0.717) is 11.8 Å². The van der Waals surface area contributed by atoms with Gasteiger partial charge in [-0.15, -0.1) is 0 Å². The van der Waals surface area contributed by atoms with Crippen LogP contribution in [0.2, 0.25) is 5.02 Å². The molecule has 2 aromatic rings. The van der Waals surface area contributed by atoms with Crippen LogP contribution < -0.4 is 4.74 Å². The summed E-state index contributed by atoms with van der Waals surface area (Å²) in [7, 11) is 0. The van der Waals surface area contributed by atoms with Crippen molar-refractivity contribution >= 4 is 23.7 Å². The molecule has 0 amide bonds. The minimum absolute atomic E-state index is 0.00506. The van der Waals surface area contributed by atoms with Gasteiger partial charge in [-0.05, 0) is 36.4 Å². The minimum Gasteiger partial charge on any atom is -0.484 e. The zero-order valence-corrected chi connectivity index (χ0v) is 11.4. The summed E-state index contributed by atoms with van der Waals surface area (Å²) in [6.07, 6.45) is 0.627. The van der Waals surface area contributed by atoms with E-state index in [9.17, 15) is 18.4 Å². The fourth-order valence-corrected chi connectivity index (χ4v) is 1.85. The van der Waals surface area contributed by atoms with Gasteiger partial charge >= 0.3 is 0 Å². The lowest BCUT2D eigenvalue weighted by Crippen LogP contribution is -2.12. The van der Waals surface area contributed by atoms with Crippen LogP contribution in [0.4, 0.5) is 8.78 Å². The molecule has 0 fully saturated rings. The van der Waals surface area contributed by atoms with Crippen molar-refractivity contribution < 1.29 is 23.1 Å². The second-order valence-corrected chi connectivity index (χ2v) is 4.56. The molecule has 21 heavy (non-hydrogen) atoms. The highest BCUT2D eigenvalue weighted by atomic mass is 35.5. The number of hydrogen-bond donors (Lipinski definition) is 0. The summed E-state index contributed by atoms with van der Waals surface area (Å²) < 4.78 is 31.0. The highest BCUT2D eigenvalue weighted by Gasteiger charge is 2.11. The Morgan fingerprint density at radius 1 is 1.14 bits per heavy atom. The highest BCUT2D eigenvalue weighted by Crippen LogP contribution is 2.25. The molecule has 6 heteroatoms. The van der Waals surface area contributed by atoms with Gasteiger partial charge in [-0.25, -0.2) is 8.78 Å². The summed E-state index contributed by atoms with van der Waals surface area (Å²) in [5.74, 6) is -2.43. The van der Waals surface area contributed by atoms with Crippen molar-refractivity contribution in [2.75, 3.05) is 6.61 Å². The van der Waals surface area contributed by atoms with Crippen LogP contribution in [0, 0.1) is 11.6 Å². The standard InChI is InChI=1S/C15H9ClF2O3/c16-11-5-9(7-19)1-4-15(11)21-8-14(20)10-2-3-12(17)13(18)6-10/h1-7H,8H2. The smallest absolute Gasteiger partial charge is 0.200 e. The molecule has 0 heterocycles. The van der Waals surface area contributed by atoms with Crippen LogP contribution in [0.25, 0.3) is 0 Å². The van der Waals surface area contributed by atoms with Gasteiger partial charge in [-0.1, -0.05) is 11.6 Å². The van der Waals surface area contributed by atoms with Gasteiger partial charge < -0.3 is 4.74 Å². The molecule has 2 aromatic carbocycles. The molecular weight excluding hydrogens is 302 g/mol. The first kappa shape index (κ1) is 15.1. The van der Waals surface area contributed by atoms with Crippen molar-refractivity contribution in [3.05, 3.63) is 64.2 Å². The molecule has 0 aliphatic carbocycles. The molecule has 0 bridgehead atoms. The number of carbonyl (C=O) groups is 2. The van der Waals surface area contributed by atoms with Crippen LogP contribution in [-0.4, -0.2) is 18.7 Å². The molecule has 108 valence electrons. The predicted octanol–water partition coefficient (Wildman–Crippen LogP) is 3.69. The van der Waals surface area contributed by atoms with E-state index < -0.39 is 17.4 Å². The van der Waals surface area contributed by atoms with Crippen molar-refractivity contribution in [1.82, 2.24) is 0 Å². The molecule has 0 aliphatic heterocycles. The van der Waals surface area contributed by atoms with Gasteiger partial charge in [0.25, 0.3) is 0 Å². The second kappa shape index (κ2) is 6.45. The Balaban J connectivity index is 2.07. The fourth-order valence-electron chi connectivity index (χ4n) is 1.60. The maximum Gasteiger partial charge on any atom is 0.200 e. The van der Waals surface area contributed by atoms with E-state index >= 15 is 0 Å². The number of aldehydes is 1. The monoisotopic (exact) mass is 310 g/mol. The molecule has 0 unspecified atom stereocenters. The fraction of sp³-hybridized carbons (Fsp3) is 0.0667. The SMILES string of the molecule is O=Cc1ccc(OCC(=O)c2ccc(F)c(F)c2)c(Cl)c1. The molecule has 0 saturated heterocycles. The molecule has 3 nitrogen and oxygen atoms in total. The van der Waals surface area contributed by atoms with Crippen molar-refractivity contribution in [3.63, 3.8) is 0 Å². The molecule has 0 aromatic heterocycles. The number of rotatable bonds is 5. The number of benzene rings is 2. The lowest BCUT2D eigenvalue weighted by Gasteiger charge is -2.08. The number of ketones is 1. The molecule has 0 radical (unpaired) electrons. The molecule has 0 N–H and O–H groups in total. The van der Waals surface area contributed by atoms with Gasteiger partial charge in [0.2, 0.25) is 0 Å². The minimum atomic E-state index is -1.10. The normalized spacial score (nSPS) is 10.2. The van der Waals surface area contributed by atoms with Crippen molar-refractivity contribution in [2.24, 2.45) is 0 Å². The second-order valence-electron chi connectivity index (χ2n) is 4.15. The Morgan fingerprint density at radius 3 is 2.52 bits per heavy atom. The van der Waals surface area contributed by atoms with E-state index in [0.717, 1.165) is 12.1 Å². The van der Waals surface area contributed by atoms with E-state index in [-0.39, 0.29) is 22.9 Å². The Morgan fingerprint density at radius 2 is 1.90 bits per heavy atom. The maximum atomic E-state index is 13.0. The third-order valence-electron chi connectivity index (χ3n) is 2.69. The Labute approximate surface area is 124 Å². The van der Waals surface area contributed by atoms with E-state index in [4.69, 9.17) is 16.3 Å². The predicted molar refractivity (Wildman–Crippen MR) is 73.0 cm³/mol. The number of hydrogen-bond acceptors (Lipinski definition) is 3. The number of Topliss-reactive ketones (excluding diaryl/α,β-unsaturated/α-hetero) is 1. The Bertz CT molecular complexity index is 701. The van der Waals surface area contributed by atoms with Gasteiger partial charge in [0.05, 0.1) is 5.02 Å². The summed E-state index contributed by atoms with van der Waals surface area (Å²) in [6.45, 7) is -0.384. The first-order valence-corrected chi connectivity index (χ1v) is 6.25. The zero-order valence-electron chi connectivity index (χ0n) is 10.6. The van der Waals surface area contributed by atoms with Crippen LogP contribution >= 0.6 is 11.6 Å². The Kier molecular flexibility index (Phi) is 4.65. The van der Waals surface area contributed by atoms with E-state index in [1.54, 1.807) is 0 Å². The lowest BCUT2D eigenvalue weighted by atomic mass is 10.1. The summed E-state index contributed by atoms with van der Waals surface area (Å²) in [5.41, 5.74) is 0.369. The van der Waals surface area contributed by atoms with Crippen LogP contribution in [-0.2, 0) is 0 Å². The van der Waals surface area contributed by atoms with E-state index in [2.05, 4.69) is 0 Å². The molecular formula is C15H9ClF2O3. The molecule has 2 rings (SSSR count). The van der Waals surface area contributed by atoms with E-state index in [1.807, 2.05) is 0 Å². The van der Waals surface area contributed by atoms with Crippen molar-refractivity contribution in [1.29, 1.82) is 0 Å². The summed E-state index contributed by atoms with van der Waals surface area (Å²) in [4.78, 5) is 22.4. The number of ether oxygens (including phenoxy) is 1. The number of halogens is 3. The van der Waals surface area contributed by atoms with Crippen LogP contribution in [0.3, 0.4) is 0 Å². The average Bonchev–Trinajstić information content (AvgIpc) is 2.48. The van der Waals surface area contributed by atoms with E-state index in [1.165, 1.54) is 24.3 Å². The Hall–Kier alpha value is -2.27. The van der Waals surface area contributed by atoms with Crippen LogP contribution in [0.5, 0.6) is 5.75 Å². The molecule has 0 atom stereocenters. The van der Waals surface area contributed by atoms with Crippen LogP contribution in [0.1, 0.15) is 20.7 Å². The topological polar surface area (TPSA) is 43.4 Å². The largest absolute Gasteiger partial charge is 0.484 e. The van der Waals surface area contributed by atoms with Gasteiger partial charge in [-0.3, -0.25) is 9.59 Å². The van der Waals surface area contributed by atoms with Gasteiger partial charge in [0, 0.05) is 11.1 Å². The quantitative estimate of drug-likeness (QED) is 0.625. The van der Waals surface area contributed by atoms with Crippen molar-refractivity contribution in [3.8, 4) is 5.75 Å². The third-order valence-corrected chi connectivity index (χ3v) is 2.99. The summed E-state index contributed by atoms with van der Waals surface area (Å²) in [5, 5.41) is 0.178. The molecule has 0 saturated carbocycles. The average molecular weight is 311 g/mol. The summed E-state index contributed by atoms with van der Waals surface area (Å²) >= 11 is 5.88. The molecule has 0 spiro atoms. The molecule has 0 aliphatic rings. The maximum absolute atomic E-state index is 13.0. The van der Waals surface area contributed by atoms with Crippen molar-refractivity contribution in [2.45, 2.75) is 0 Å². The van der Waals surface area contributed by atoms with Gasteiger partial charge in [0.1, 0.15) is 12.0 Å². The zero-order chi connectivity index (χ0) is 15.4.